The lowest BCUT2D eigenvalue weighted by atomic mass is 9.98. The molecular formula is C20H26ClN3O2. The zero-order valence-corrected chi connectivity index (χ0v) is 16.3. The van der Waals surface area contributed by atoms with Gasteiger partial charge in [-0.15, -0.1) is 0 Å². The molecule has 1 aliphatic heterocycles. The number of amides is 1. The quantitative estimate of drug-likeness (QED) is 0.757. The Labute approximate surface area is 159 Å². The molecule has 6 heteroatoms. The summed E-state index contributed by atoms with van der Waals surface area (Å²) in [5.41, 5.74) is 2.75. The van der Waals surface area contributed by atoms with Crippen molar-refractivity contribution >= 4 is 23.4 Å². The van der Waals surface area contributed by atoms with Crippen molar-refractivity contribution in [2.45, 2.75) is 51.8 Å². The number of likely N-dealkylation sites (tertiary alicyclic amines) is 1. The summed E-state index contributed by atoms with van der Waals surface area (Å²) in [7, 11) is 0. The first-order chi connectivity index (χ1) is 12.3. The molecule has 0 saturated carbocycles. The van der Waals surface area contributed by atoms with Crippen molar-refractivity contribution in [1.82, 2.24) is 9.88 Å². The van der Waals surface area contributed by atoms with Gasteiger partial charge in [0.2, 0.25) is 0 Å². The van der Waals surface area contributed by atoms with Gasteiger partial charge in [0.1, 0.15) is 5.60 Å². The van der Waals surface area contributed by atoms with Crippen molar-refractivity contribution in [1.29, 1.82) is 0 Å². The fraction of sp³-hybridized carbons (Fsp3) is 0.450. The van der Waals surface area contributed by atoms with Gasteiger partial charge in [0.05, 0.1) is 11.7 Å². The number of ether oxygens (including phenoxy) is 1. The van der Waals surface area contributed by atoms with E-state index in [2.05, 4.69) is 10.3 Å². The lowest BCUT2D eigenvalue weighted by Crippen LogP contribution is -2.36. The number of halogens is 1. The zero-order valence-electron chi connectivity index (χ0n) is 15.5. The second-order valence-electron chi connectivity index (χ2n) is 7.63. The minimum atomic E-state index is -0.503. The number of carbonyl (C=O) groups is 1. The standard InChI is InChI=1S/C20H26ClN3O2/c1-20(2,3)26-19(25)24-10-4-5-18(24)17-11-15(21)7-6-14(17)12-23-16-8-9-22-13-16/h6-9,11,13,18,22-23H,4-5,10,12H2,1-3H3. The SMILES string of the molecule is CC(C)(C)OC(=O)N1CCCC1c1cc(Cl)ccc1CNc1cc[nH]c1. The fourth-order valence-electron chi connectivity index (χ4n) is 3.30. The maximum absolute atomic E-state index is 12.6. The number of hydrogen-bond acceptors (Lipinski definition) is 3. The smallest absolute Gasteiger partial charge is 0.410 e. The number of anilines is 1. The molecule has 1 aromatic carbocycles. The van der Waals surface area contributed by atoms with Crippen molar-refractivity contribution in [2.24, 2.45) is 0 Å². The fourth-order valence-corrected chi connectivity index (χ4v) is 3.48. The van der Waals surface area contributed by atoms with E-state index in [0.29, 0.717) is 18.1 Å². The Morgan fingerprint density at radius 2 is 2.19 bits per heavy atom. The minimum Gasteiger partial charge on any atom is -0.444 e. The number of aromatic nitrogens is 1. The highest BCUT2D eigenvalue weighted by molar-refractivity contribution is 6.30. The largest absolute Gasteiger partial charge is 0.444 e. The molecule has 0 aliphatic carbocycles. The molecule has 2 N–H and O–H groups in total. The first-order valence-electron chi connectivity index (χ1n) is 8.98. The summed E-state index contributed by atoms with van der Waals surface area (Å²) in [6.45, 7) is 7.05. The van der Waals surface area contributed by atoms with Crippen LogP contribution >= 0.6 is 11.6 Å². The van der Waals surface area contributed by atoms with Crippen LogP contribution < -0.4 is 5.32 Å². The summed E-state index contributed by atoms with van der Waals surface area (Å²) in [5.74, 6) is 0. The summed E-state index contributed by atoms with van der Waals surface area (Å²) in [6, 6.07) is 7.88. The van der Waals surface area contributed by atoms with E-state index < -0.39 is 5.60 Å². The molecule has 26 heavy (non-hydrogen) atoms. The number of benzene rings is 1. The predicted molar refractivity (Wildman–Crippen MR) is 104 cm³/mol. The monoisotopic (exact) mass is 375 g/mol. The van der Waals surface area contributed by atoms with Crippen LogP contribution in [-0.4, -0.2) is 28.1 Å². The van der Waals surface area contributed by atoms with Crippen LogP contribution in [0, 0.1) is 0 Å². The summed E-state index contributed by atoms with van der Waals surface area (Å²) in [6.07, 6.45) is 5.41. The molecule has 1 aromatic heterocycles. The van der Waals surface area contributed by atoms with Crippen LogP contribution in [0.2, 0.25) is 5.02 Å². The Morgan fingerprint density at radius 3 is 2.88 bits per heavy atom. The molecule has 1 unspecified atom stereocenters. The number of hydrogen-bond donors (Lipinski definition) is 2. The van der Waals surface area contributed by atoms with Crippen LogP contribution in [0.4, 0.5) is 10.5 Å². The number of nitrogens with zero attached hydrogens (tertiary/aromatic N) is 1. The Hall–Kier alpha value is -2.14. The minimum absolute atomic E-state index is 0.00780. The third-order valence-electron chi connectivity index (χ3n) is 4.43. The lowest BCUT2D eigenvalue weighted by molar-refractivity contribution is 0.0224. The molecule has 0 bridgehead atoms. The van der Waals surface area contributed by atoms with Gasteiger partial charge in [-0.3, -0.25) is 0 Å². The van der Waals surface area contributed by atoms with E-state index in [1.807, 2.05) is 62.3 Å². The van der Waals surface area contributed by atoms with Gasteiger partial charge in [-0.05, 0) is 62.9 Å². The van der Waals surface area contributed by atoms with Crippen LogP contribution in [0.25, 0.3) is 0 Å². The van der Waals surface area contributed by atoms with Gasteiger partial charge in [-0.1, -0.05) is 17.7 Å². The lowest BCUT2D eigenvalue weighted by Gasteiger charge is -2.30. The van der Waals surface area contributed by atoms with E-state index in [1.54, 1.807) is 0 Å². The van der Waals surface area contributed by atoms with E-state index >= 15 is 0 Å². The Kier molecular flexibility index (Phi) is 5.47. The molecule has 1 saturated heterocycles. The van der Waals surface area contributed by atoms with Gasteiger partial charge in [0, 0.05) is 30.5 Å². The molecular weight excluding hydrogens is 350 g/mol. The topological polar surface area (TPSA) is 57.4 Å². The Morgan fingerprint density at radius 1 is 1.38 bits per heavy atom. The number of carbonyl (C=O) groups excluding carboxylic acids is 1. The number of rotatable bonds is 4. The summed E-state index contributed by atoms with van der Waals surface area (Å²) < 4.78 is 5.60. The van der Waals surface area contributed by atoms with Gasteiger partial charge in [0.15, 0.2) is 0 Å². The van der Waals surface area contributed by atoms with Crippen LogP contribution in [-0.2, 0) is 11.3 Å². The van der Waals surface area contributed by atoms with Crippen molar-refractivity contribution in [3.63, 3.8) is 0 Å². The molecule has 0 spiro atoms. The molecule has 3 rings (SSSR count). The Bertz CT molecular complexity index is 753. The molecule has 2 aromatic rings. The Balaban J connectivity index is 1.82. The van der Waals surface area contributed by atoms with Gasteiger partial charge in [-0.2, -0.15) is 0 Å². The molecule has 0 radical (unpaired) electrons. The summed E-state index contributed by atoms with van der Waals surface area (Å²) in [4.78, 5) is 17.5. The van der Waals surface area contributed by atoms with Gasteiger partial charge in [0.25, 0.3) is 0 Å². The summed E-state index contributed by atoms with van der Waals surface area (Å²) >= 11 is 6.27. The highest BCUT2D eigenvalue weighted by atomic mass is 35.5. The van der Waals surface area contributed by atoms with Crippen LogP contribution in [0.15, 0.2) is 36.7 Å². The highest BCUT2D eigenvalue weighted by Gasteiger charge is 2.34. The van der Waals surface area contributed by atoms with E-state index in [1.165, 1.54) is 0 Å². The van der Waals surface area contributed by atoms with E-state index in [9.17, 15) is 4.79 Å². The normalized spacial score (nSPS) is 17.4. The average Bonchev–Trinajstić information content (AvgIpc) is 3.23. The van der Waals surface area contributed by atoms with Crippen molar-refractivity contribution in [3.05, 3.63) is 52.8 Å². The van der Waals surface area contributed by atoms with Crippen LogP contribution in [0.3, 0.4) is 0 Å². The molecule has 1 aliphatic rings. The van der Waals surface area contributed by atoms with Crippen molar-refractivity contribution in [2.75, 3.05) is 11.9 Å². The van der Waals surface area contributed by atoms with Crippen LogP contribution in [0.5, 0.6) is 0 Å². The van der Waals surface area contributed by atoms with Crippen molar-refractivity contribution in [3.8, 4) is 0 Å². The van der Waals surface area contributed by atoms with Gasteiger partial charge < -0.3 is 19.9 Å². The first kappa shape index (κ1) is 18.6. The third kappa shape index (κ3) is 4.52. The highest BCUT2D eigenvalue weighted by Crippen LogP contribution is 2.36. The second-order valence-corrected chi connectivity index (χ2v) is 8.06. The predicted octanol–water partition coefficient (Wildman–Crippen LogP) is 5.35. The maximum atomic E-state index is 12.6. The number of H-pyrrole nitrogens is 1. The van der Waals surface area contributed by atoms with E-state index in [4.69, 9.17) is 16.3 Å². The van der Waals surface area contributed by atoms with E-state index in [-0.39, 0.29) is 12.1 Å². The molecule has 1 fully saturated rings. The molecule has 1 amide bonds. The first-order valence-corrected chi connectivity index (χ1v) is 9.36. The zero-order chi connectivity index (χ0) is 18.7. The van der Waals surface area contributed by atoms with Crippen LogP contribution in [0.1, 0.15) is 50.8 Å². The van der Waals surface area contributed by atoms with Gasteiger partial charge >= 0.3 is 6.09 Å². The second kappa shape index (κ2) is 7.62. The maximum Gasteiger partial charge on any atom is 0.410 e. The summed E-state index contributed by atoms with van der Waals surface area (Å²) in [5, 5.41) is 4.08. The van der Waals surface area contributed by atoms with Crippen molar-refractivity contribution < 1.29 is 9.53 Å². The number of nitrogens with one attached hydrogen (secondary N) is 2. The average molecular weight is 376 g/mol. The van der Waals surface area contributed by atoms with Gasteiger partial charge in [-0.25, -0.2) is 4.79 Å². The van der Waals surface area contributed by atoms with E-state index in [0.717, 1.165) is 29.7 Å². The molecule has 140 valence electrons. The molecule has 2 heterocycles. The molecule has 1 atom stereocenters. The third-order valence-corrected chi connectivity index (χ3v) is 4.66. The number of aromatic amines is 1. The molecule has 5 nitrogen and oxygen atoms in total.